The Morgan fingerprint density at radius 2 is 1.84 bits per heavy atom. The lowest BCUT2D eigenvalue weighted by molar-refractivity contribution is -0.146. The van der Waals surface area contributed by atoms with Gasteiger partial charge in [-0.05, 0) is 25.7 Å². The summed E-state index contributed by atoms with van der Waals surface area (Å²) in [6.07, 6.45) is 6.16. The highest BCUT2D eigenvalue weighted by Crippen LogP contribution is 2.24. The van der Waals surface area contributed by atoms with Crippen LogP contribution in [0.1, 0.15) is 32.1 Å². The van der Waals surface area contributed by atoms with Crippen molar-refractivity contribution in [3.05, 3.63) is 12.2 Å². The third kappa shape index (κ3) is 4.85. The number of methoxy groups -OCH3 is 2. The van der Waals surface area contributed by atoms with E-state index in [-0.39, 0.29) is 30.0 Å². The lowest BCUT2D eigenvalue weighted by atomic mass is 9.86. The van der Waals surface area contributed by atoms with Crippen molar-refractivity contribution in [2.24, 2.45) is 11.8 Å². The number of hydrogen-bond donors (Lipinski definition) is 0. The molecule has 0 saturated heterocycles. The van der Waals surface area contributed by atoms with Crippen LogP contribution < -0.4 is 0 Å². The van der Waals surface area contributed by atoms with Crippen LogP contribution in [0.25, 0.3) is 0 Å². The number of carbonyl (C=O) groups is 3. The zero-order valence-corrected chi connectivity index (χ0v) is 11.4. The topological polar surface area (TPSA) is 69.7 Å². The van der Waals surface area contributed by atoms with Crippen molar-refractivity contribution in [2.45, 2.75) is 32.1 Å². The van der Waals surface area contributed by atoms with E-state index in [9.17, 15) is 14.4 Å². The summed E-state index contributed by atoms with van der Waals surface area (Å²) in [5.74, 6) is -1.37. The van der Waals surface area contributed by atoms with E-state index in [1.165, 1.54) is 14.2 Å². The molecule has 1 aliphatic carbocycles. The molecule has 19 heavy (non-hydrogen) atoms. The molecule has 1 rings (SSSR count). The average Bonchev–Trinajstić information content (AvgIpc) is 2.37. The molecule has 5 nitrogen and oxygen atoms in total. The van der Waals surface area contributed by atoms with Gasteiger partial charge in [0.05, 0.1) is 20.1 Å². The minimum atomic E-state index is -0.507. The Morgan fingerprint density at radius 1 is 1.11 bits per heavy atom. The number of Topliss-reactive ketones (excluding diaryl/α,β-unsaturated/α-hetero) is 1. The van der Waals surface area contributed by atoms with E-state index in [1.807, 2.05) is 12.2 Å². The van der Waals surface area contributed by atoms with Gasteiger partial charge in [0.25, 0.3) is 0 Å². The molecule has 0 aromatic carbocycles. The summed E-state index contributed by atoms with van der Waals surface area (Å²) in [5, 5.41) is 0. The number of allylic oxidation sites excluding steroid dienone is 1. The zero-order valence-electron chi connectivity index (χ0n) is 11.4. The normalized spacial score (nSPS) is 23.1. The van der Waals surface area contributed by atoms with Gasteiger partial charge in [-0.2, -0.15) is 0 Å². The number of ether oxygens (including phenoxy) is 2. The Labute approximate surface area is 112 Å². The van der Waals surface area contributed by atoms with Gasteiger partial charge >= 0.3 is 11.9 Å². The molecule has 106 valence electrons. The predicted octanol–water partition coefficient (Wildman–Crippen LogP) is 1.65. The molecule has 0 bridgehead atoms. The largest absolute Gasteiger partial charge is 0.469 e. The molecule has 0 heterocycles. The summed E-state index contributed by atoms with van der Waals surface area (Å²) in [6, 6.07) is 0. The maximum atomic E-state index is 11.9. The molecule has 1 aliphatic rings. The minimum Gasteiger partial charge on any atom is -0.469 e. The lowest BCUT2D eigenvalue weighted by Gasteiger charge is -2.19. The van der Waals surface area contributed by atoms with Crippen molar-refractivity contribution in [3.63, 3.8) is 0 Å². The van der Waals surface area contributed by atoms with Crippen LogP contribution in [-0.2, 0) is 23.9 Å². The maximum Gasteiger partial charge on any atom is 0.313 e. The van der Waals surface area contributed by atoms with Crippen molar-refractivity contribution in [1.29, 1.82) is 0 Å². The van der Waals surface area contributed by atoms with Crippen LogP contribution in [0.3, 0.4) is 0 Å². The van der Waals surface area contributed by atoms with Crippen LogP contribution in [0.15, 0.2) is 12.2 Å². The van der Waals surface area contributed by atoms with Gasteiger partial charge in [0.1, 0.15) is 12.2 Å². The number of ketones is 1. The summed E-state index contributed by atoms with van der Waals surface area (Å²) in [6.45, 7) is 0. The van der Waals surface area contributed by atoms with Crippen molar-refractivity contribution in [1.82, 2.24) is 0 Å². The van der Waals surface area contributed by atoms with Gasteiger partial charge in [0, 0.05) is 5.92 Å². The number of esters is 2. The second-order valence-electron chi connectivity index (χ2n) is 4.63. The molecular formula is C14H20O5. The molecule has 0 spiro atoms. The molecule has 0 radical (unpaired) electrons. The highest BCUT2D eigenvalue weighted by Gasteiger charge is 2.25. The van der Waals surface area contributed by atoms with Gasteiger partial charge in [-0.1, -0.05) is 12.2 Å². The fourth-order valence-electron chi connectivity index (χ4n) is 2.21. The van der Waals surface area contributed by atoms with E-state index in [2.05, 4.69) is 4.74 Å². The van der Waals surface area contributed by atoms with E-state index in [4.69, 9.17) is 4.74 Å². The standard InChI is InChI=1S/C14H20O5/c1-18-13(16)9-12(15)10-5-3-4-6-11(8-7-10)14(17)19-2/h4,6,10-11H,3,5,7-9H2,1-2H3/t10-,11-/m0/s1. The SMILES string of the molecule is COC(=O)CC(=O)[C@H]1CCC=C[C@H](C(=O)OC)CC1. The molecule has 0 unspecified atom stereocenters. The molecule has 0 saturated carbocycles. The lowest BCUT2D eigenvalue weighted by Crippen LogP contribution is -2.22. The average molecular weight is 268 g/mol. The van der Waals surface area contributed by atoms with Crippen LogP contribution >= 0.6 is 0 Å². The van der Waals surface area contributed by atoms with Crippen molar-refractivity contribution >= 4 is 17.7 Å². The first kappa shape index (κ1) is 15.4. The summed E-state index contributed by atoms with van der Waals surface area (Å²) in [5.41, 5.74) is 0. The molecule has 0 aromatic rings. The van der Waals surface area contributed by atoms with Crippen LogP contribution in [0, 0.1) is 11.8 Å². The molecule has 5 heteroatoms. The fourth-order valence-corrected chi connectivity index (χ4v) is 2.21. The van der Waals surface area contributed by atoms with Gasteiger partial charge in [-0.15, -0.1) is 0 Å². The van der Waals surface area contributed by atoms with Crippen LogP contribution in [0.4, 0.5) is 0 Å². The third-order valence-corrected chi connectivity index (χ3v) is 3.38. The van der Waals surface area contributed by atoms with Crippen LogP contribution in [-0.4, -0.2) is 31.9 Å². The smallest absolute Gasteiger partial charge is 0.313 e. The Balaban J connectivity index is 2.59. The first-order valence-corrected chi connectivity index (χ1v) is 6.42. The van der Waals surface area contributed by atoms with Crippen molar-refractivity contribution in [3.8, 4) is 0 Å². The van der Waals surface area contributed by atoms with Gasteiger partial charge in [0.2, 0.25) is 0 Å². The Hall–Kier alpha value is -1.65. The second-order valence-corrected chi connectivity index (χ2v) is 4.63. The first-order chi connectivity index (χ1) is 9.08. The first-order valence-electron chi connectivity index (χ1n) is 6.42. The molecule has 0 fully saturated rings. The van der Waals surface area contributed by atoms with Gasteiger partial charge in [-0.3, -0.25) is 14.4 Å². The quantitative estimate of drug-likeness (QED) is 0.440. The third-order valence-electron chi connectivity index (χ3n) is 3.38. The van der Waals surface area contributed by atoms with Gasteiger partial charge in [0.15, 0.2) is 0 Å². The summed E-state index contributed by atoms with van der Waals surface area (Å²) >= 11 is 0. The van der Waals surface area contributed by atoms with Crippen LogP contribution in [0.2, 0.25) is 0 Å². The molecule has 0 amide bonds. The maximum absolute atomic E-state index is 11.9. The van der Waals surface area contributed by atoms with E-state index in [0.29, 0.717) is 19.3 Å². The van der Waals surface area contributed by atoms with Crippen LogP contribution in [0.5, 0.6) is 0 Å². The molecule has 0 aromatic heterocycles. The summed E-state index contributed by atoms with van der Waals surface area (Å²) in [7, 11) is 2.62. The van der Waals surface area contributed by atoms with E-state index < -0.39 is 5.97 Å². The van der Waals surface area contributed by atoms with E-state index in [1.54, 1.807) is 0 Å². The molecular weight excluding hydrogens is 248 g/mol. The second kappa shape index (κ2) is 7.71. The van der Waals surface area contributed by atoms with Crippen molar-refractivity contribution in [2.75, 3.05) is 14.2 Å². The zero-order chi connectivity index (χ0) is 14.3. The summed E-state index contributed by atoms with van der Waals surface area (Å²) in [4.78, 5) is 34.5. The summed E-state index contributed by atoms with van der Waals surface area (Å²) < 4.78 is 9.21. The molecule has 0 aliphatic heterocycles. The van der Waals surface area contributed by atoms with E-state index >= 15 is 0 Å². The van der Waals surface area contributed by atoms with Gasteiger partial charge < -0.3 is 9.47 Å². The van der Waals surface area contributed by atoms with Crippen molar-refractivity contribution < 1.29 is 23.9 Å². The Kier molecular flexibility index (Phi) is 6.25. The van der Waals surface area contributed by atoms with Gasteiger partial charge in [-0.25, -0.2) is 0 Å². The predicted molar refractivity (Wildman–Crippen MR) is 68.2 cm³/mol. The highest BCUT2D eigenvalue weighted by atomic mass is 16.5. The van der Waals surface area contributed by atoms with E-state index in [0.717, 1.165) is 6.42 Å². The molecule has 0 N–H and O–H groups in total. The number of hydrogen-bond acceptors (Lipinski definition) is 5. The number of rotatable bonds is 4. The Bertz CT molecular complexity index is 372. The number of carbonyl (C=O) groups excluding carboxylic acids is 3. The minimum absolute atomic E-state index is 0.106. The monoisotopic (exact) mass is 268 g/mol. The highest BCUT2D eigenvalue weighted by molar-refractivity contribution is 5.96. The Morgan fingerprint density at radius 3 is 2.47 bits per heavy atom. The molecule has 2 atom stereocenters. The fraction of sp³-hybridized carbons (Fsp3) is 0.643.